The van der Waals surface area contributed by atoms with Crippen LogP contribution in [-0.4, -0.2) is 15.5 Å². The van der Waals surface area contributed by atoms with Gasteiger partial charge in [-0.1, -0.05) is 11.6 Å². The van der Waals surface area contributed by atoms with Crippen molar-refractivity contribution in [1.82, 2.24) is 9.55 Å². The summed E-state index contributed by atoms with van der Waals surface area (Å²) in [5.41, 5.74) is 3.71. The van der Waals surface area contributed by atoms with E-state index in [2.05, 4.69) is 14.9 Å². The summed E-state index contributed by atoms with van der Waals surface area (Å²) >= 11 is 5.85. The smallest absolute Gasteiger partial charge is 0.255 e. The first-order valence-electron chi connectivity index (χ1n) is 8.42. The number of halogens is 1. The number of imidazole rings is 1. The molecule has 1 aliphatic heterocycles. The van der Waals surface area contributed by atoms with Gasteiger partial charge in [0, 0.05) is 40.3 Å². The molecule has 126 valence electrons. The van der Waals surface area contributed by atoms with Crippen LogP contribution in [0.2, 0.25) is 5.02 Å². The maximum atomic E-state index is 12.3. The van der Waals surface area contributed by atoms with Crippen LogP contribution < -0.4 is 5.32 Å². The molecule has 3 aromatic rings. The lowest BCUT2D eigenvalue weighted by molar-refractivity contribution is 0.102. The lowest BCUT2D eigenvalue weighted by Gasteiger charge is -2.16. The summed E-state index contributed by atoms with van der Waals surface area (Å²) in [6.07, 6.45) is 5.51. The summed E-state index contributed by atoms with van der Waals surface area (Å²) in [5, 5.41) is 3.52. The summed E-state index contributed by atoms with van der Waals surface area (Å²) in [4.78, 5) is 16.8. The van der Waals surface area contributed by atoms with E-state index in [4.69, 9.17) is 11.6 Å². The van der Waals surface area contributed by atoms with Gasteiger partial charge in [-0.25, -0.2) is 4.98 Å². The zero-order valence-corrected chi connectivity index (χ0v) is 14.5. The number of aromatic nitrogens is 2. The Morgan fingerprint density at radius 2 is 1.80 bits per heavy atom. The molecule has 1 aromatic heterocycles. The van der Waals surface area contributed by atoms with E-state index in [-0.39, 0.29) is 5.91 Å². The third kappa shape index (κ3) is 3.30. The average molecular weight is 352 g/mol. The number of nitrogens with one attached hydrogen (secondary N) is 1. The highest BCUT2D eigenvalue weighted by Gasteiger charge is 2.15. The fraction of sp³-hybridized carbons (Fsp3) is 0.200. The van der Waals surface area contributed by atoms with Gasteiger partial charge in [0.15, 0.2) is 0 Å². The zero-order valence-electron chi connectivity index (χ0n) is 13.7. The van der Waals surface area contributed by atoms with E-state index < -0.39 is 0 Å². The van der Waals surface area contributed by atoms with Crippen LogP contribution in [0.4, 0.5) is 5.69 Å². The molecule has 4 rings (SSSR count). The number of aryl methyl sites for hydroxylation is 1. The predicted molar refractivity (Wildman–Crippen MR) is 100 cm³/mol. The molecule has 1 aliphatic rings. The highest BCUT2D eigenvalue weighted by Crippen LogP contribution is 2.25. The van der Waals surface area contributed by atoms with Gasteiger partial charge >= 0.3 is 0 Å². The number of carbonyl (C=O) groups excluding carboxylic acids is 1. The number of benzene rings is 2. The highest BCUT2D eigenvalue weighted by atomic mass is 35.5. The largest absolute Gasteiger partial charge is 0.328 e. The Labute approximate surface area is 151 Å². The molecule has 0 spiro atoms. The van der Waals surface area contributed by atoms with Crippen molar-refractivity contribution in [2.75, 3.05) is 5.32 Å². The molecular weight excluding hydrogens is 334 g/mol. The fourth-order valence-corrected chi connectivity index (χ4v) is 3.30. The second-order valence-electron chi connectivity index (χ2n) is 6.22. The lowest BCUT2D eigenvalue weighted by atomic mass is 10.1. The first kappa shape index (κ1) is 15.9. The second-order valence-corrected chi connectivity index (χ2v) is 6.66. The van der Waals surface area contributed by atoms with Crippen molar-refractivity contribution in [3.05, 3.63) is 71.0 Å². The lowest BCUT2D eigenvalue weighted by Crippen LogP contribution is -2.12. The van der Waals surface area contributed by atoms with Crippen LogP contribution in [-0.2, 0) is 13.0 Å². The zero-order chi connectivity index (χ0) is 17.2. The van der Waals surface area contributed by atoms with Crippen molar-refractivity contribution in [1.29, 1.82) is 0 Å². The van der Waals surface area contributed by atoms with Gasteiger partial charge in [-0.05, 0) is 67.8 Å². The molecule has 0 unspecified atom stereocenters. The molecule has 0 aliphatic carbocycles. The first-order valence-corrected chi connectivity index (χ1v) is 8.80. The minimum absolute atomic E-state index is 0.150. The van der Waals surface area contributed by atoms with Crippen LogP contribution in [0.3, 0.4) is 0 Å². The van der Waals surface area contributed by atoms with E-state index in [0.29, 0.717) is 10.6 Å². The third-order valence-electron chi connectivity index (χ3n) is 4.51. The van der Waals surface area contributed by atoms with Crippen molar-refractivity contribution in [3.63, 3.8) is 0 Å². The SMILES string of the molecule is O=C(Nc1ccc(-c2ncc3n2CCCC3)cc1)c1ccc(Cl)cc1. The summed E-state index contributed by atoms with van der Waals surface area (Å²) in [5.74, 6) is 0.855. The van der Waals surface area contributed by atoms with Gasteiger partial charge < -0.3 is 9.88 Å². The number of nitrogens with zero attached hydrogens (tertiary/aromatic N) is 2. The van der Waals surface area contributed by atoms with Crippen LogP contribution in [0.15, 0.2) is 54.7 Å². The van der Waals surface area contributed by atoms with Crippen LogP contribution in [0.25, 0.3) is 11.4 Å². The van der Waals surface area contributed by atoms with Crippen molar-refractivity contribution >= 4 is 23.2 Å². The minimum atomic E-state index is -0.150. The van der Waals surface area contributed by atoms with Crippen molar-refractivity contribution in [2.45, 2.75) is 25.8 Å². The number of amides is 1. The Balaban J connectivity index is 1.51. The van der Waals surface area contributed by atoms with Gasteiger partial charge in [-0.2, -0.15) is 0 Å². The Hall–Kier alpha value is -2.59. The van der Waals surface area contributed by atoms with Gasteiger partial charge in [-0.15, -0.1) is 0 Å². The third-order valence-corrected chi connectivity index (χ3v) is 4.76. The van der Waals surface area contributed by atoms with Gasteiger partial charge in [0.1, 0.15) is 5.82 Å². The maximum Gasteiger partial charge on any atom is 0.255 e. The summed E-state index contributed by atoms with van der Waals surface area (Å²) in [7, 11) is 0. The fourth-order valence-electron chi connectivity index (χ4n) is 3.17. The summed E-state index contributed by atoms with van der Waals surface area (Å²) in [6, 6.07) is 14.7. The molecule has 0 fully saturated rings. The number of rotatable bonds is 3. The van der Waals surface area contributed by atoms with Gasteiger partial charge in [0.25, 0.3) is 5.91 Å². The molecule has 1 N–H and O–H groups in total. The van der Waals surface area contributed by atoms with Crippen LogP contribution in [0.5, 0.6) is 0 Å². The molecule has 2 heterocycles. The maximum absolute atomic E-state index is 12.3. The van der Waals surface area contributed by atoms with Gasteiger partial charge in [-0.3, -0.25) is 4.79 Å². The first-order chi connectivity index (χ1) is 12.2. The summed E-state index contributed by atoms with van der Waals surface area (Å²) in [6.45, 7) is 1.03. The standard InChI is InChI=1S/C20H18ClN3O/c21-16-8-4-15(5-9-16)20(25)23-17-10-6-14(7-11-17)19-22-13-18-3-1-2-12-24(18)19/h4-11,13H,1-3,12H2,(H,23,25). The molecular formula is C20H18ClN3O. The summed E-state index contributed by atoms with van der Waals surface area (Å²) < 4.78 is 2.30. The van der Waals surface area contributed by atoms with Gasteiger partial charge in [0.05, 0.1) is 0 Å². The molecule has 0 saturated heterocycles. The Bertz CT molecular complexity index is 898. The molecule has 0 saturated carbocycles. The van der Waals surface area contributed by atoms with E-state index in [1.54, 1.807) is 24.3 Å². The van der Waals surface area contributed by atoms with Crippen LogP contribution in [0, 0.1) is 0 Å². The Kier molecular flexibility index (Phi) is 4.28. The van der Waals surface area contributed by atoms with E-state index in [0.717, 1.165) is 30.0 Å². The van der Waals surface area contributed by atoms with Crippen molar-refractivity contribution < 1.29 is 4.79 Å². The molecule has 25 heavy (non-hydrogen) atoms. The predicted octanol–water partition coefficient (Wildman–Crippen LogP) is 4.79. The topological polar surface area (TPSA) is 46.9 Å². The molecule has 0 radical (unpaired) electrons. The number of fused-ring (bicyclic) bond motifs is 1. The van der Waals surface area contributed by atoms with Crippen LogP contribution in [0.1, 0.15) is 28.9 Å². The monoisotopic (exact) mass is 351 g/mol. The van der Waals surface area contributed by atoms with E-state index in [1.165, 1.54) is 18.5 Å². The van der Waals surface area contributed by atoms with Crippen molar-refractivity contribution in [2.24, 2.45) is 0 Å². The van der Waals surface area contributed by atoms with Crippen LogP contribution >= 0.6 is 11.6 Å². The molecule has 4 nitrogen and oxygen atoms in total. The molecule has 0 atom stereocenters. The van der Waals surface area contributed by atoms with E-state index in [1.807, 2.05) is 30.5 Å². The normalized spacial score (nSPS) is 13.3. The van der Waals surface area contributed by atoms with E-state index >= 15 is 0 Å². The highest BCUT2D eigenvalue weighted by molar-refractivity contribution is 6.30. The average Bonchev–Trinajstić information content (AvgIpc) is 3.07. The number of carbonyl (C=O) groups is 1. The Morgan fingerprint density at radius 3 is 2.56 bits per heavy atom. The molecule has 5 heteroatoms. The van der Waals surface area contributed by atoms with Crippen molar-refractivity contribution in [3.8, 4) is 11.4 Å². The number of hydrogen-bond donors (Lipinski definition) is 1. The second kappa shape index (κ2) is 6.73. The Morgan fingerprint density at radius 1 is 1.04 bits per heavy atom. The number of anilines is 1. The molecule has 1 amide bonds. The minimum Gasteiger partial charge on any atom is -0.328 e. The van der Waals surface area contributed by atoms with Gasteiger partial charge in [0.2, 0.25) is 0 Å². The molecule has 2 aromatic carbocycles. The molecule has 0 bridgehead atoms. The number of hydrogen-bond acceptors (Lipinski definition) is 2. The van der Waals surface area contributed by atoms with E-state index in [9.17, 15) is 4.79 Å². The quantitative estimate of drug-likeness (QED) is 0.737.